The fourth-order valence-corrected chi connectivity index (χ4v) is 4.27. The molecule has 1 unspecified atom stereocenters. The average Bonchev–Trinajstić information content (AvgIpc) is 3.37. The Labute approximate surface area is 192 Å². The number of amides is 3. The van der Waals surface area contributed by atoms with E-state index in [0.717, 1.165) is 40.6 Å². The Morgan fingerprint density at radius 2 is 2.09 bits per heavy atom. The van der Waals surface area contributed by atoms with Crippen molar-refractivity contribution in [3.05, 3.63) is 46.3 Å². The lowest BCUT2D eigenvalue weighted by atomic mass is 9.89. The molecule has 9 heteroatoms. The number of aliphatic hydroxyl groups is 1. The number of aromatic amines is 1. The standard InChI is InChI=1S/C24H31N5O4/c1-13-5-7-15(22(31)25-9-10-30)20-16-11-14(6-8-17(16)27-21(13)20)26-23(32)28-19-12-18(33-29-19)24(2,3)4/h5,7,12,14,27,30H,6,8-11H2,1-4H3,(H,25,31)(H2,26,28,29,32). The van der Waals surface area contributed by atoms with Gasteiger partial charge in [0.25, 0.3) is 5.91 Å². The van der Waals surface area contributed by atoms with Gasteiger partial charge in [-0.25, -0.2) is 4.79 Å². The summed E-state index contributed by atoms with van der Waals surface area (Å²) >= 11 is 0. The third-order valence-corrected chi connectivity index (χ3v) is 6.02. The summed E-state index contributed by atoms with van der Waals surface area (Å²) in [5, 5.41) is 22.4. The molecule has 1 aliphatic rings. The molecule has 1 aliphatic carbocycles. The molecule has 2 heterocycles. The second-order valence-corrected chi connectivity index (χ2v) is 9.61. The zero-order valence-electron chi connectivity index (χ0n) is 19.5. The molecule has 4 rings (SSSR count). The first kappa shape index (κ1) is 22.8. The lowest BCUT2D eigenvalue weighted by Gasteiger charge is -2.24. The first-order valence-electron chi connectivity index (χ1n) is 11.2. The maximum Gasteiger partial charge on any atom is 0.320 e. The van der Waals surface area contributed by atoms with Gasteiger partial charge >= 0.3 is 6.03 Å². The van der Waals surface area contributed by atoms with Crippen molar-refractivity contribution in [1.29, 1.82) is 0 Å². The number of nitrogens with zero attached hydrogens (tertiary/aromatic N) is 1. The molecule has 0 radical (unpaired) electrons. The minimum absolute atomic E-state index is 0.0839. The van der Waals surface area contributed by atoms with Gasteiger partial charge in [-0.3, -0.25) is 10.1 Å². The second-order valence-electron chi connectivity index (χ2n) is 9.61. The molecule has 0 saturated heterocycles. The summed E-state index contributed by atoms with van der Waals surface area (Å²) in [5.41, 5.74) is 4.53. The lowest BCUT2D eigenvalue weighted by molar-refractivity contribution is 0.0946. The monoisotopic (exact) mass is 453 g/mol. The Morgan fingerprint density at radius 1 is 1.30 bits per heavy atom. The van der Waals surface area contributed by atoms with E-state index in [1.54, 1.807) is 6.07 Å². The van der Waals surface area contributed by atoms with Crippen LogP contribution in [0.2, 0.25) is 0 Å². The highest BCUT2D eigenvalue weighted by Crippen LogP contribution is 2.33. The second kappa shape index (κ2) is 8.90. The van der Waals surface area contributed by atoms with Crippen LogP contribution in [0.1, 0.15) is 60.1 Å². The normalized spacial score (nSPS) is 15.8. The van der Waals surface area contributed by atoms with Gasteiger partial charge in [0.2, 0.25) is 0 Å². The molecule has 1 aromatic carbocycles. The number of urea groups is 1. The van der Waals surface area contributed by atoms with Crippen LogP contribution in [0.5, 0.6) is 0 Å². The van der Waals surface area contributed by atoms with Crippen molar-refractivity contribution in [2.24, 2.45) is 0 Å². The van der Waals surface area contributed by atoms with Crippen LogP contribution in [0.15, 0.2) is 22.7 Å². The Balaban J connectivity index is 1.52. The fourth-order valence-electron chi connectivity index (χ4n) is 4.27. The van der Waals surface area contributed by atoms with E-state index >= 15 is 0 Å². The molecule has 5 N–H and O–H groups in total. The highest BCUT2D eigenvalue weighted by Gasteiger charge is 2.27. The van der Waals surface area contributed by atoms with Gasteiger partial charge in [0.05, 0.1) is 6.61 Å². The summed E-state index contributed by atoms with van der Waals surface area (Å²) < 4.78 is 5.33. The lowest BCUT2D eigenvalue weighted by Crippen LogP contribution is -2.41. The summed E-state index contributed by atoms with van der Waals surface area (Å²) in [4.78, 5) is 28.8. The Morgan fingerprint density at radius 3 is 2.79 bits per heavy atom. The topological polar surface area (TPSA) is 132 Å². The van der Waals surface area contributed by atoms with Crippen molar-refractivity contribution in [2.75, 3.05) is 18.5 Å². The highest BCUT2D eigenvalue weighted by molar-refractivity contribution is 6.09. The van der Waals surface area contributed by atoms with Crippen LogP contribution in [0, 0.1) is 6.92 Å². The van der Waals surface area contributed by atoms with Crippen LogP contribution in [-0.4, -0.2) is 46.4 Å². The molecule has 33 heavy (non-hydrogen) atoms. The number of rotatable bonds is 5. The van der Waals surface area contributed by atoms with Crippen LogP contribution in [0.4, 0.5) is 10.6 Å². The summed E-state index contributed by atoms with van der Waals surface area (Å²) in [6.07, 6.45) is 2.16. The maximum atomic E-state index is 12.7. The largest absolute Gasteiger partial charge is 0.395 e. The molecule has 9 nitrogen and oxygen atoms in total. The van der Waals surface area contributed by atoms with Gasteiger partial charge in [0, 0.05) is 46.2 Å². The van der Waals surface area contributed by atoms with Gasteiger partial charge in [0.15, 0.2) is 5.82 Å². The molecule has 2 aromatic heterocycles. The smallest absolute Gasteiger partial charge is 0.320 e. The van der Waals surface area contributed by atoms with Crippen molar-refractivity contribution in [2.45, 2.75) is 58.4 Å². The number of carbonyl (C=O) groups excluding carboxylic acids is 2. The van der Waals surface area contributed by atoms with E-state index in [9.17, 15) is 9.59 Å². The minimum Gasteiger partial charge on any atom is -0.395 e. The van der Waals surface area contributed by atoms with Crippen molar-refractivity contribution < 1.29 is 19.2 Å². The van der Waals surface area contributed by atoms with E-state index in [1.807, 2.05) is 39.8 Å². The molecule has 0 aliphatic heterocycles. The number of benzene rings is 1. The number of hydrogen-bond donors (Lipinski definition) is 5. The number of aliphatic hydroxyl groups excluding tert-OH is 1. The molecule has 0 spiro atoms. The minimum atomic E-state index is -0.339. The summed E-state index contributed by atoms with van der Waals surface area (Å²) in [7, 11) is 0. The van der Waals surface area contributed by atoms with Crippen LogP contribution >= 0.6 is 0 Å². The van der Waals surface area contributed by atoms with Gasteiger partial charge in [0.1, 0.15) is 5.76 Å². The van der Waals surface area contributed by atoms with E-state index in [4.69, 9.17) is 9.63 Å². The molecule has 0 bridgehead atoms. The molecule has 0 saturated carbocycles. The Hall–Kier alpha value is -3.33. The molecular formula is C24H31N5O4. The highest BCUT2D eigenvalue weighted by atomic mass is 16.5. The Kier molecular flexibility index (Phi) is 6.16. The van der Waals surface area contributed by atoms with Gasteiger partial charge in [-0.15, -0.1) is 0 Å². The predicted octanol–water partition coefficient (Wildman–Crippen LogP) is 3.16. The Bertz CT molecular complexity index is 1190. The zero-order chi connectivity index (χ0) is 23.8. The first-order valence-corrected chi connectivity index (χ1v) is 11.2. The van der Waals surface area contributed by atoms with Crippen LogP contribution in [0.25, 0.3) is 10.9 Å². The van der Waals surface area contributed by atoms with Gasteiger partial charge < -0.3 is 25.2 Å². The molecule has 176 valence electrons. The van der Waals surface area contributed by atoms with E-state index < -0.39 is 0 Å². The summed E-state index contributed by atoms with van der Waals surface area (Å²) in [6, 6.07) is 5.05. The third kappa shape index (κ3) is 4.73. The SMILES string of the molecule is Cc1ccc(C(=O)NCCO)c2c3c([nH]c12)CCC(NC(=O)Nc1cc(C(C)(C)C)on1)C3. The molecular weight excluding hydrogens is 422 g/mol. The average molecular weight is 454 g/mol. The van der Waals surface area contributed by atoms with Gasteiger partial charge in [-0.05, 0) is 43.4 Å². The number of aromatic nitrogens is 2. The van der Waals surface area contributed by atoms with Crippen molar-refractivity contribution in [1.82, 2.24) is 20.8 Å². The molecule has 3 amide bonds. The number of H-pyrrole nitrogens is 1. The van der Waals surface area contributed by atoms with Crippen LogP contribution in [-0.2, 0) is 18.3 Å². The number of fused-ring (bicyclic) bond motifs is 3. The van der Waals surface area contributed by atoms with Crippen LogP contribution < -0.4 is 16.0 Å². The zero-order valence-corrected chi connectivity index (χ0v) is 19.5. The van der Waals surface area contributed by atoms with E-state index in [1.165, 1.54) is 0 Å². The number of nitrogens with one attached hydrogen (secondary N) is 4. The first-order chi connectivity index (χ1) is 15.7. The van der Waals surface area contributed by atoms with Crippen LogP contribution in [0.3, 0.4) is 0 Å². The van der Waals surface area contributed by atoms with Crippen molar-refractivity contribution in [3.63, 3.8) is 0 Å². The van der Waals surface area contributed by atoms with E-state index in [2.05, 4.69) is 26.1 Å². The molecule has 1 atom stereocenters. The summed E-state index contributed by atoms with van der Waals surface area (Å²) in [6.45, 7) is 8.13. The number of aryl methyl sites for hydroxylation is 2. The predicted molar refractivity (Wildman–Crippen MR) is 126 cm³/mol. The quantitative estimate of drug-likeness (QED) is 0.405. The number of carbonyl (C=O) groups is 2. The third-order valence-electron chi connectivity index (χ3n) is 6.02. The van der Waals surface area contributed by atoms with Gasteiger partial charge in [-0.1, -0.05) is 32.0 Å². The maximum absolute atomic E-state index is 12.7. The molecule has 3 aromatic rings. The van der Waals surface area contributed by atoms with Crippen molar-refractivity contribution >= 4 is 28.7 Å². The van der Waals surface area contributed by atoms with Crippen molar-refractivity contribution in [3.8, 4) is 0 Å². The number of hydrogen-bond acceptors (Lipinski definition) is 5. The summed E-state index contributed by atoms with van der Waals surface area (Å²) in [5.74, 6) is 0.852. The fraction of sp³-hybridized carbons (Fsp3) is 0.458. The van der Waals surface area contributed by atoms with E-state index in [-0.39, 0.29) is 36.5 Å². The van der Waals surface area contributed by atoms with Gasteiger partial charge in [-0.2, -0.15) is 0 Å². The molecule has 0 fully saturated rings. The number of anilines is 1. The van der Waals surface area contributed by atoms with E-state index in [0.29, 0.717) is 23.6 Å².